The highest BCUT2D eigenvalue weighted by atomic mass is 32.2. The van der Waals surface area contributed by atoms with Crippen molar-refractivity contribution in [3.63, 3.8) is 0 Å². The molecule has 0 saturated heterocycles. The number of aldehydes is 1. The quantitative estimate of drug-likeness (QED) is 0.397. The van der Waals surface area contributed by atoms with E-state index in [1.54, 1.807) is 6.07 Å². The molecule has 0 amide bonds. The molecule has 0 heterocycles. The molecule has 3 rings (SSSR count). The minimum Gasteiger partial charge on any atom is -0.459 e. The predicted molar refractivity (Wildman–Crippen MR) is 80.6 cm³/mol. The van der Waals surface area contributed by atoms with Gasteiger partial charge in [-0.25, -0.2) is 4.79 Å². The minimum absolute atomic E-state index is 0.0797. The second kappa shape index (κ2) is 5.60. The molecular formula is C16H12O6S. The van der Waals surface area contributed by atoms with Crippen LogP contribution in [-0.2, 0) is 24.4 Å². The van der Waals surface area contributed by atoms with Gasteiger partial charge in [0.25, 0.3) is 10.1 Å². The lowest BCUT2D eigenvalue weighted by atomic mass is 9.98. The number of benzene rings is 2. The highest BCUT2D eigenvalue weighted by molar-refractivity contribution is 7.85. The van der Waals surface area contributed by atoms with Crippen LogP contribution in [-0.4, -0.2) is 31.8 Å². The van der Waals surface area contributed by atoms with E-state index in [2.05, 4.69) is 0 Å². The topological polar surface area (TPSA) is 97.7 Å². The van der Waals surface area contributed by atoms with E-state index >= 15 is 0 Å². The molecule has 23 heavy (non-hydrogen) atoms. The average molecular weight is 332 g/mol. The molecule has 0 bridgehead atoms. The van der Waals surface area contributed by atoms with Gasteiger partial charge >= 0.3 is 5.97 Å². The summed E-state index contributed by atoms with van der Waals surface area (Å²) in [5, 5.41) is 0. The zero-order chi connectivity index (χ0) is 16.6. The monoisotopic (exact) mass is 332 g/mol. The van der Waals surface area contributed by atoms with Crippen molar-refractivity contribution in [2.45, 2.75) is 10.8 Å². The highest BCUT2D eigenvalue weighted by Gasteiger charge is 2.30. The van der Waals surface area contributed by atoms with Gasteiger partial charge in [0.2, 0.25) is 6.29 Å². The van der Waals surface area contributed by atoms with Crippen LogP contribution in [0.1, 0.15) is 17.0 Å². The van der Waals surface area contributed by atoms with E-state index in [0.29, 0.717) is 5.56 Å². The molecule has 2 aromatic rings. The maximum atomic E-state index is 11.3. The maximum absolute atomic E-state index is 11.3. The number of fused-ring (bicyclic) bond motifs is 3. The Kier molecular flexibility index (Phi) is 3.75. The second-order valence-corrected chi connectivity index (χ2v) is 6.53. The fraction of sp³-hybridized carbons (Fsp3) is 0.125. The molecular weight excluding hydrogens is 320 g/mol. The SMILES string of the molecule is O=CC(=O)OCC1c2ccccc2-c2ccc(S(=O)(=O)O)cc21. The Bertz CT molecular complexity index is 901. The lowest BCUT2D eigenvalue weighted by molar-refractivity contribution is -0.148. The van der Waals surface area contributed by atoms with Crippen molar-refractivity contribution < 1.29 is 27.3 Å². The van der Waals surface area contributed by atoms with Crippen LogP contribution in [0, 0.1) is 0 Å². The van der Waals surface area contributed by atoms with Crippen molar-refractivity contribution in [2.24, 2.45) is 0 Å². The van der Waals surface area contributed by atoms with Crippen LogP contribution in [0.2, 0.25) is 0 Å². The van der Waals surface area contributed by atoms with Crippen LogP contribution in [0.3, 0.4) is 0 Å². The summed E-state index contributed by atoms with van der Waals surface area (Å²) in [6, 6.07) is 11.7. The summed E-state index contributed by atoms with van der Waals surface area (Å²) in [6.07, 6.45) is 0.0797. The van der Waals surface area contributed by atoms with Crippen molar-refractivity contribution in [2.75, 3.05) is 6.61 Å². The lowest BCUT2D eigenvalue weighted by Gasteiger charge is -2.13. The fourth-order valence-corrected chi connectivity index (χ4v) is 3.34. The Morgan fingerprint density at radius 1 is 1.13 bits per heavy atom. The zero-order valence-electron chi connectivity index (χ0n) is 11.8. The van der Waals surface area contributed by atoms with Crippen LogP contribution >= 0.6 is 0 Å². The largest absolute Gasteiger partial charge is 0.459 e. The molecule has 7 heteroatoms. The first-order chi connectivity index (χ1) is 10.9. The second-order valence-electron chi connectivity index (χ2n) is 5.11. The molecule has 1 aliphatic rings. The number of esters is 1. The van der Waals surface area contributed by atoms with Gasteiger partial charge in [-0.05, 0) is 34.4 Å². The van der Waals surface area contributed by atoms with E-state index in [1.807, 2.05) is 24.3 Å². The van der Waals surface area contributed by atoms with E-state index in [0.717, 1.165) is 16.7 Å². The maximum Gasteiger partial charge on any atom is 0.371 e. The number of rotatable bonds is 4. The third-order valence-corrected chi connectivity index (χ3v) is 4.66. The Morgan fingerprint density at radius 2 is 1.83 bits per heavy atom. The van der Waals surface area contributed by atoms with Gasteiger partial charge in [0.05, 0.1) is 4.90 Å². The Morgan fingerprint density at radius 3 is 2.52 bits per heavy atom. The van der Waals surface area contributed by atoms with Gasteiger partial charge in [0, 0.05) is 5.92 Å². The smallest absolute Gasteiger partial charge is 0.371 e. The fourth-order valence-electron chi connectivity index (χ4n) is 2.83. The highest BCUT2D eigenvalue weighted by Crippen LogP contribution is 2.45. The van der Waals surface area contributed by atoms with Crippen LogP contribution in [0.25, 0.3) is 11.1 Å². The van der Waals surface area contributed by atoms with Crippen LogP contribution in [0.5, 0.6) is 0 Å². The van der Waals surface area contributed by atoms with Gasteiger partial charge in [-0.15, -0.1) is 0 Å². The zero-order valence-corrected chi connectivity index (χ0v) is 12.6. The van der Waals surface area contributed by atoms with Crippen LogP contribution in [0.4, 0.5) is 0 Å². The molecule has 0 fully saturated rings. The van der Waals surface area contributed by atoms with Crippen LogP contribution in [0.15, 0.2) is 47.4 Å². The Hall–Kier alpha value is -2.51. The van der Waals surface area contributed by atoms with E-state index in [1.165, 1.54) is 12.1 Å². The van der Waals surface area contributed by atoms with Crippen molar-refractivity contribution in [1.82, 2.24) is 0 Å². The molecule has 0 spiro atoms. The molecule has 6 nitrogen and oxygen atoms in total. The molecule has 1 atom stereocenters. The molecule has 1 N–H and O–H groups in total. The lowest BCUT2D eigenvalue weighted by Crippen LogP contribution is -2.13. The third kappa shape index (κ3) is 2.76. The Labute approximate surface area is 132 Å². The number of hydrogen-bond donors (Lipinski definition) is 1. The summed E-state index contributed by atoms with van der Waals surface area (Å²) in [4.78, 5) is 21.3. The first kappa shape index (κ1) is 15.4. The molecule has 2 aromatic carbocycles. The van der Waals surface area contributed by atoms with E-state index in [4.69, 9.17) is 4.74 Å². The number of carbonyl (C=O) groups excluding carboxylic acids is 2. The van der Waals surface area contributed by atoms with Gasteiger partial charge in [-0.1, -0.05) is 30.3 Å². The number of ether oxygens (including phenoxy) is 1. The summed E-state index contributed by atoms with van der Waals surface area (Å²) in [6.45, 7) is -0.0868. The summed E-state index contributed by atoms with van der Waals surface area (Å²) in [5.41, 5.74) is 3.20. The normalized spacial score (nSPS) is 15.6. The molecule has 0 radical (unpaired) electrons. The van der Waals surface area contributed by atoms with E-state index in [9.17, 15) is 22.6 Å². The van der Waals surface area contributed by atoms with Crippen molar-refractivity contribution in [3.8, 4) is 11.1 Å². The first-order valence-corrected chi connectivity index (χ1v) is 8.18. The summed E-state index contributed by atoms with van der Waals surface area (Å²) >= 11 is 0. The minimum atomic E-state index is -4.34. The average Bonchev–Trinajstić information content (AvgIpc) is 2.85. The van der Waals surface area contributed by atoms with Gasteiger partial charge in [0.1, 0.15) is 6.61 Å². The number of carbonyl (C=O) groups is 2. The van der Waals surface area contributed by atoms with Crippen LogP contribution < -0.4 is 0 Å². The Balaban J connectivity index is 2.09. The summed E-state index contributed by atoms with van der Waals surface area (Å²) in [7, 11) is -4.34. The van der Waals surface area contributed by atoms with Gasteiger partial charge in [0.15, 0.2) is 0 Å². The van der Waals surface area contributed by atoms with E-state index in [-0.39, 0.29) is 17.8 Å². The van der Waals surface area contributed by atoms with Crippen molar-refractivity contribution in [1.29, 1.82) is 0 Å². The molecule has 1 aliphatic carbocycles. The van der Waals surface area contributed by atoms with Crippen molar-refractivity contribution in [3.05, 3.63) is 53.6 Å². The molecule has 1 unspecified atom stereocenters. The molecule has 0 aliphatic heterocycles. The first-order valence-electron chi connectivity index (χ1n) is 6.74. The van der Waals surface area contributed by atoms with Crippen molar-refractivity contribution >= 4 is 22.4 Å². The van der Waals surface area contributed by atoms with Gasteiger partial charge < -0.3 is 4.74 Å². The number of hydrogen-bond acceptors (Lipinski definition) is 5. The van der Waals surface area contributed by atoms with Gasteiger partial charge in [-0.2, -0.15) is 8.42 Å². The molecule has 0 aromatic heterocycles. The third-order valence-electron chi connectivity index (χ3n) is 3.81. The molecule has 0 saturated carbocycles. The molecule has 118 valence electrons. The van der Waals surface area contributed by atoms with E-state index < -0.39 is 22.0 Å². The standard InChI is InChI=1S/C16H12O6S/c17-8-16(18)22-9-15-12-4-2-1-3-11(12)13-6-5-10(7-14(13)15)23(19,20)21/h1-8,15H,9H2,(H,19,20,21). The summed E-state index contributed by atoms with van der Waals surface area (Å²) in [5.74, 6) is -1.38. The van der Waals surface area contributed by atoms with Gasteiger partial charge in [-0.3, -0.25) is 9.35 Å². The summed E-state index contributed by atoms with van der Waals surface area (Å²) < 4.78 is 36.8. The predicted octanol–water partition coefficient (Wildman–Crippen LogP) is 1.79.